The topological polar surface area (TPSA) is 26.3 Å². The molecule has 0 radical (unpaired) electrons. The van der Waals surface area contributed by atoms with E-state index < -0.39 is 0 Å². The Morgan fingerprint density at radius 3 is 2.82 bits per heavy atom. The second-order valence-electron chi connectivity index (χ2n) is 5.61. The number of allylic oxidation sites excluding steroid dienone is 3. The van der Waals surface area contributed by atoms with E-state index in [1.165, 1.54) is 0 Å². The maximum absolute atomic E-state index is 11.9. The fourth-order valence-corrected chi connectivity index (χ4v) is 3.44. The molecule has 0 N–H and O–H groups in total. The molecule has 0 bridgehead atoms. The highest BCUT2D eigenvalue weighted by Crippen LogP contribution is 2.55. The predicted molar refractivity (Wildman–Crippen MR) is 68.4 cm³/mol. The largest absolute Gasteiger partial charge is 0.487 e. The summed E-state index contributed by atoms with van der Waals surface area (Å²) in [7, 11) is 0. The molecular formula is C15H22O2. The number of rotatable bonds is 1. The van der Waals surface area contributed by atoms with Crippen LogP contribution in [0.25, 0.3) is 0 Å². The number of carbonyl (C=O) groups excluding carboxylic acids is 1. The SMILES string of the molecule is C=C1OC(C)C(=O)CC12CC(/C=C\C)CC2C. The first-order chi connectivity index (χ1) is 7.99. The average molecular weight is 234 g/mol. The van der Waals surface area contributed by atoms with Gasteiger partial charge in [0.2, 0.25) is 0 Å². The van der Waals surface area contributed by atoms with Gasteiger partial charge in [0.15, 0.2) is 11.9 Å². The number of carbonyl (C=O) groups is 1. The van der Waals surface area contributed by atoms with Crippen molar-refractivity contribution in [3.8, 4) is 0 Å². The summed E-state index contributed by atoms with van der Waals surface area (Å²) in [5.74, 6) is 2.11. The van der Waals surface area contributed by atoms with Crippen LogP contribution in [0.2, 0.25) is 0 Å². The van der Waals surface area contributed by atoms with E-state index in [0.717, 1.165) is 18.6 Å². The van der Waals surface area contributed by atoms with E-state index in [9.17, 15) is 4.79 Å². The van der Waals surface area contributed by atoms with E-state index in [0.29, 0.717) is 18.3 Å². The highest BCUT2D eigenvalue weighted by molar-refractivity contribution is 5.85. The predicted octanol–water partition coefficient (Wildman–Crippen LogP) is 3.49. The molecule has 2 nitrogen and oxygen atoms in total. The number of ether oxygens (including phenoxy) is 1. The Hall–Kier alpha value is -1.05. The molecule has 1 saturated heterocycles. The minimum atomic E-state index is -0.305. The number of Topliss-reactive ketones (excluding diaryl/α,β-unsaturated/α-hetero) is 1. The van der Waals surface area contributed by atoms with Crippen LogP contribution in [-0.4, -0.2) is 11.9 Å². The monoisotopic (exact) mass is 234 g/mol. The summed E-state index contributed by atoms with van der Waals surface area (Å²) in [4.78, 5) is 11.9. The van der Waals surface area contributed by atoms with Crippen molar-refractivity contribution in [3.05, 3.63) is 24.5 Å². The van der Waals surface area contributed by atoms with E-state index in [1.54, 1.807) is 0 Å². The maximum atomic E-state index is 11.9. The van der Waals surface area contributed by atoms with Gasteiger partial charge in [-0.2, -0.15) is 0 Å². The lowest BCUT2D eigenvalue weighted by Crippen LogP contribution is -2.40. The summed E-state index contributed by atoms with van der Waals surface area (Å²) < 4.78 is 5.66. The van der Waals surface area contributed by atoms with Crippen molar-refractivity contribution in [2.24, 2.45) is 17.3 Å². The lowest BCUT2D eigenvalue weighted by Gasteiger charge is -2.40. The molecule has 2 fully saturated rings. The second-order valence-corrected chi connectivity index (χ2v) is 5.61. The molecule has 1 spiro atoms. The zero-order valence-corrected chi connectivity index (χ0v) is 11.0. The van der Waals surface area contributed by atoms with Gasteiger partial charge < -0.3 is 4.74 Å². The van der Waals surface area contributed by atoms with Gasteiger partial charge >= 0.3 is 0 Å². The summed E-state index contributed by atoms with van der Waals surface area (Å²) >= 11 is 0. The first-order valence-corrected chi connectivity index (χ1v) is 6.51. The van der Waals surface area contributed by atoms with Crippen LogP contribution in [-0.2, 0) is 9.53 Å². The van der Waals surface area contributed by atoms with Gasteiger partial charge in [-0.25, -0.2) is 0 Å². The van der Waals surface area contributed by atoms with E-state index in [-0.39, 0.29) is 17.3 Å². The Morgan fingerprint density at radius 1 is 1.47 bits per heavy atom. The zero-order chi connectivity index (χ0) is 12.6. The van der Waals surface area contributed by atoms with Gasteiger partial charge in [0.1, 0.15) is 0 Å². The Kier molecular flexibility index (Phi) is 3.15. The number of hydrogen-bond acceptors (Lipinski definition) is 2. The van der Waals surface area contributed by atoms with Crippen LogP contribution >= 0.6 is 0 Å². The van der Waals surface area contributed by atoms with Gasteiger partial charge in [-0.05, 0) is 38.5 Å². The van der Waals surface area contributed by atoms with Gasteiger partial charge in [0.25, 0.3) is 0 Å². The van der Waals surface area contributed by atoms with E-state index in [2.05, 4.69) is 32.6 Å². The lowest BCUT2D eigenvalue weighted by atomic mass is 9.71. The van der Waals surface area contributed by atoms with Gasteiger partial charge in [0, 0.05) is 11.8 Å². The van der Waals surface area contributed by atoms with Crippen LogP contribution in [0.4, 0.5) is 0 Å². The minimum Gasteiger partial charge on any atom is -0.487 e. The molecule has 4 unspecified atom stereocenters. The first kappa shape index (κ1) is 12.4. The molecule has 1 aliphatic carbocycles. The van der Waals surface area contributed by atoms with E-state index in [1.807, 2.05) is 6.92 Å². The van der Waals surface area contributed by atoms with Crippen LogP contribution in [0, 0.1) is 17.3 Å². The Bertz CT molecular complexity index is 369. The fourth-order valence-electron chi connectivity index (χ4n) is 3.44. The minimum absolute atomic E-state index is 0.103. The van der Waals surface area contributed by atoms with Crippen LogP contribution in [0.5, 0.6) is 0 Å². The van der Waals surface area contributed by atoms with Crippen molar-refractivity contribution in [1.29, 1.82) is 0 Å². The van der Waals surface area contributed by atoms with E-state index >= 15 is 0 Å². The summed E-state index contributed by atoms with van der Waals surface area (Å²) in [5, 5.41) is 0. The highest BCUT2D eigenvalue weighted by Gasteiger charge is 2.51. The highest BCUT2D eigenvalue weighted by atomic mass is 16.5. The molecule has 0 amide bonds. The molecule has 0 aromatic carbocycles. The molecular weight excluding hydrogens is 212 g/mol. The standard InChI is InChI=1S/C15H22O2/c1-5-6-13-7-10(2)15(8-13)9-14(16)11(3)17-12(15)4/h5-6,10-11,13H,4,7-9H2,1-3H3/b6-5-. The van der Waals surface area contributed by atoms with Crippen molar-refractivity contribution in [2.75, 3.05) is 0 Å². The number of ketones is 1. The molecule has 1 heterocycles. The third-order valence-electron chi connectivity index (χ3n) is 4.51. The molecule has 2 rings (SSSR count). The van der Waals surface area contributed by atoms with Crippen molar-refractivity contribution in [2.45, 2.75) is 46.1 Å². The van der Waals surface area contributed by atoms with Crippen LogP contribution in [0.3, 0.4) is 0 Å². The normalized spacial score (nSPS) is 42.4. The van der Waals surface area contributed by atoms with Crippen molar-refractivity contribution >= 4 is 5.78 Å². The fraction of sp³-hybridized carbons (Fsp3) is 0.667. The van der Waals surface area contributed by atoms with E-state index in [4.69, 9.17) is 4.74 Å². The third-order valence-corrected chi connectivity index (χ3v) is 4.51. The summed E-state index contributed by atoms with van der Waals surface area (Å²) in [6.07, 6.45) is 6.81. The Morgan fingerprint density at radius 2 is 2.18 bits per heavy atom. The molecule has 2 heteroatoms. The summed E-state index contributed by atoms with van der Waals surface area (Å²) in [6, 6.07) is 0. The molecule has 4 atom stereocenters. The molecule has 0 aromatic rings. The molecule has 94 valence electrons. The second kappa shape index (κ2) is 4.32. The summed E-state index contributed by atoms with van der Waals surface area (Å²) in [5.41, 5.74) is -0.103. The molecule has 0 aromatic heterocycles. The van der Waals surface area contributed by atoms with Crippen molar-refractivity contribution < 1.29 is 9.53 Å². The molecule has 2 aliphatic rings. The number of hydrogen-bond donors (Lipinski definition) is 0. The van der Waals surface area contributed by atoms with Crippen molar-refractivity contribution in [3.63, 3.8) is 0 Å². The molecule has 1 saturated carbocycles. The van der Waals surface area contributed by atoms with Gasteiger partial charge in [-0.15, -0.1) is 0 Å². The quantitative estimate of drug-likeness (QED) is 0.649. The van der Waals surface area contributed by atoms with Gasteiger partial charge in [-0.1, -0.05) is 25.7 Å². The lowest BCUT2D eigenvalue weighted by molar-refractivity contribution is -0.138. The van der Waals surface area contributed by atoms with Gasteiger partial charge in [0.05, 0.1) is 5.76 Å². The molecule has 1 aliphatic heterocycles. The molecule has 17 heavy (non-hydrogen) atoms. The van der Waals surface area contributed by atoms with Crippen LogP contribution in [0.1, 0.15) is 40.0 Å². The zero-order valence-electron chi connectivity index (χ0n) is 11.0. The third kappa shape index (κ3) is 1.94. The van der Waals surface area contributed by atoms with Crippen LogP contribution < -0.4 is 0 Å². The Balaban J connectivity index is 2.24. The van der Waals surface area contributed by atoms with Gasteiger partial charge in [-0.3, -0.25) is 4.79 Å². The van der Waals surface area contributed by atoms with Crippen LogP contribution in [0.15, 0.2) is 24.5 Å². The Labute approximate surface area is 104 Å². The summed E-state index contributed by atoms with van der Waals surface area (Å²) in [6.45, 7) is 10.2. The maximum Gasteiger partial charge on any atom is 0.173 e. The van der Waals surface area contributed by atoms with Crippen molar-refractivity contribution in [1.82, 2.24) is 0 Å². The first-order valence-electron chi connectivity index (χ1n) is 6.51. The smallest absolute Gasteiger partial charge is 0.173 e. The average Bonchev–Trinajstić information content (AvgIpc) is 2.54.